The van der Waals surface area contributed by atoms with E-state index in [1.54, 1.807) is 0 Å². The summed E-state index contributed by atoms with van der Waals surface area (Å²) in [4.78, 5) is 12.4. The van der Waals surface area contributed by atoms with Gasteiger partial charge in [-0.3, -0.25) is 4.79 Å². The van der Waals surface area contributed by atoms with Crippen molar-refractivity contribution in [3.63, 3.8) is 0 Å². The average Bonchev–Trinajstić information content (AvgIpc) is 2.64. The maximum Gasteiger partial charge on any atom is 0.321 e. The predicted molar refractivity (Wildman–Crippen MR) is 106 cm³/mol. The Morgan fingerprint density at radius 1 is 0.889 bits per heavy atom. The van der Waals surface area contributed by atoms with Gasteiger partial charge in [0.25, 0.3) is 0 Å². The van der Waals surface area contributed by atoms with Gasteiger partial charge in [0, 0.05) is 7.05 Å². The Balaban J connectivity index is 2.21. The van der Waals surface area contributed by atoms with E-state index in [1.165, 1.54) is 7.05 Å². The molecule has 0 heterocycles. The lowest BCUT2D eigenvalue weighted by molar-refractivity contribution is -0.144. The lowest BCUT2D eigenvalue weighted by atomic mass is 9.95. The van der Waals surface area contributed by atoms with Crippen molar-refractivity contribution < 1.29 is 17.9 Å². The number of carbonyl (C=O) groups is 1. The van der Waals surface area contributed by atoms with Crippen molar-refractivity contribution in [2.75, 3.05) is 13.6 Å². The van der Waals surface area contributed by atoms with Gasteiger partial charge < -0.3 is 4.74 Å². The minimum absolute atomic E-state index is 0.119. The fraction of sp³-hybridized carbons (Fsp3) is 0.381. The lowest BCUT2D eigenvalue weighted by Crippen LogP contribution is -2.34. The maximum atomic E-state index is 13.1. The van der Waals surface area contributed by atoms with Crippen LogP contribution in [-0.2, 0) is 26.2 Å². The summed E-state index contributed by atoms with van der Waals surface area (Å²) >= 11 is 0. The van der Waals surface area contributed by atoms with Crippen LogP contribution in [0.3, 0.4) is 0 Å². The highest BCUT2D eigenvalue weighted by molar-refractivity contribution is 7.89. The second-order valence-electron chi connectivity index (χ2n) is 6.86. The normalized spacial score (nSPS) is 11.7. The van der Waals surface area contributed by atoms with Crippen molar-refractivity contribution in [3.8, 4) is 0 Å². The Labute approximate surface area is 162 Å². The van der Waals surface area contributed by atoms with Gasteiger partial charge in [-0.2, -0.15) is 4.31 Å². The highest BCUT2D eigenvalue weighted by atomic mass is 32.2. The first-order chi connectivity index (χ1) is 12.6. The van der Waals surface area contributed by atoms with E-state index < -0.39 is 16.0 Å². The van der Waals surface area contributed by atoms with Crippen LogP contribution in [0, 0.1) is 34.6 Å². The molecule has 0 bridgehead atoms. The second kappa shape index (κ2) is 8.23. The smallest absolute Gasteiger partial charge is 0.321 e. The molecule has 0 atom stereocenters. The Morgan fingerprint density at radius 3 is 1.89 bits per heavy atom. The van der Waals surface area contributed by atoms with Crippen molar-refractivity contribution in [3.05, 3.63) is 63.7 Å². The Bertz CT molecular complexity index is 921. The number of rotatable bonds is 6. The number of ether oxygens (including phenoxy) is 1. The van der Waals surface area contributed by atoms with E-state index in [0.717, 1.165) is 37.7 Å². The second-order valence-corrected chi connectivity index (χ2v) is 8.84. The van der Waals surface area contributed by atoms with Gasteiger partial charge in [0.15, 0.2) is 0 Å². The molecular formula is C21H27NO4S. The maximum absolute atomic E-state index is 13.1. The number of carbonyl (C=O) groups excluding carboxylic acids is 1. The molecule has 6 heteroatoms. The fourth-order valence-corrected chi connectivity index (χ4v) is 4.73. The number of hydrogen-bond acceptors (Lipinski definition) is 4. The zero-order valence-corrected chi connectivity index (χ0v) is 17.6. The molecule has 0 saturated heterocycles. The SMILES string of the molecule is Cc1c(C)c(C)c(S(=O)(=O)N(C)CC(=O)OCc2ccccc2)c(C)c1C. The van der Waals surface area contributed by atoms with E-state index in [1.807, 2.05) is 65.0 Å². The van der Waals surface area contributed by atoms with Crippen LogP contribution in [0.15, 0.2) is 35.2 Å². The first kappa shape index (κ1) is 21.1. The first-order valence-electron chi connectivity index (χ1n) is 8.80. The molecule has 0 N–H and O–H groups in total. The number of sulfonamides is 1. The first-order valence-corrected chi connectivity index (χ1v) is 10.2. The number of hydrogen-bond donors (Lipinski definition) is 0. The van der Waals surface area contributed by atoms with Crippen molar-refractivity contribution in [2.45, 2.75) is 46.1 Å². The van der Waals surface area contributed by atoms with Crippen molar-refractivity contribution in [1.29, 1.82) is 0 Å². The van der Waals surface area contributed by atoms with E-state index >= 15 is 0 Å². The van der Waals surface area contributed by atoms with Crippen LogP contribution in [0.4, 0.5) is 0 Å². The Kier molecular flexibility index (Phi) is 6.44. The van der Waals surface area contributed by atoms with Crippen LogP contribution >= 0.6 is 0 Å². The third kappa shape index (κ3) is 4.39. The zero-order chi connectivity index (χ0) is 20.4. The number of nitrogens with zero attached hydrogens (tertiary/aromatic N) is 1. The summed E-state index contributed by atoms with van der Waals surface area (Å²) < 4.78 is 32.5. The monoisotopic (exact) mass is 389 g/mol. The molecule has 0 unspecified atom stereocenters. The predicted octanol–water partition coefficient (Wildman–Crippen LogP) is 3.59. The molecule has 27 heavy (non-hydrogen) atoms. The van der Waals surface area contributed by atoms with Gasteiger partial charge in [-0.25, -0.2) is 8.42 Å². The molecule has 0 aliphatic rings. The topological polar surface area (TPSA) is 63.7 Å². The van der Waals surface area contributed by atoms with E-state index in [9.17, 15) is 13.2 Å². The Morgan fingerprint density at radius 2 is 1.37 bits per heavy atom. The summed E-state index contributed by atoms with van der Waals surface area (Å²) in [7, 11) is -2.40. The third-order valence-electron chi connectivity index (χ3n) is 5.19. The fourth-order valence-electron chi connectivity index (χ4n) is 3.06. The van der Waals surface area contributed by atoms with Crippen molar-refractivity contribution >= 4 is 16.0 Å². The molecule has 0 spiro atoms. The van der Waals surface area contributed by atoms with E-state index in [0.29, 0.717) is 0 Å². The van der Waals surface area contributed by atoms with E-state index in [2.05, 4.69) is 0 Å². The van der Waals surface area contributed by atoms with E-state index in [-0.39, 0.29) is 18.0 Å². The molecule has 146 valence electrons. The van der Waals surface area contributed by atoms with Crippen LogP contribution in [0.25, 0.3) is 0 Å². The molecule has 0 aromatic heterocycles. The standard InChI is InChI=1S/C21H27NO4S/c1-14-15(2)17(4)21(18(5)16(14)3)27(24,25)22(6)12-20(23)26-13-19-10-8-7-9-11-19/h7-11H,12-13H2,1-6H3. The van der Waals surface area contributed by atoms with Crippen LogP contribution < -0.4 is 0 Å². The summed E-state index contributed by atoms with van der Waals surface area (Å²) in [6, 6.07) is 9.28. The summed E-state index contributed by atoms with van der Waals surface area (Å²) in [5, 5.41) is 0. The lowest BCUT2D eigenvalue weighted by Gasteiger charge is -2.23. The number of likely N-dealkylation sites (N-methyl/N-ethyl adjacent to an activating group) is 1. The van der Waals surface area contributed by atoms with Gasteiger partial charge in [0.2, 0.25) is 10.0 Å². The van der Waals surface area contributed by atoms with Gasteiger partial charge in [0.05, 0.1) is 4.90 Å². The minimum Gasteiger partial charge on any atom is -0.460 e. The van der Waals surface area contributed by atoms with Crippen molar-refractivity contribution in [1.82, 2.24) is 4.31 Å². The molecule has 2 rings (SSSR count). The molecule has 2 aromatic carbocycles. The molecule has 0 fully saturated rings. The highest BCUT2D eigenvalue weighted by Crippen LogP contribution is 2.31. The van der Waals surface area contributed by atoms with Gasteiger partial charge in [0.1, 0.15) is 13.2 Å². The quantitative estimate of drug-likeness (QED) is 0.708. The van der Waals surface area contributed by atoms with E-state index in [4.69, 9.17) is 4.74 Å². The summed E-state index contributed by atoms with van der Waals surface area (Å²) in [5.74, 6) is -0.583. The minimum atomic E-state index is -3.81. The van der Waals surface area contributed by atoms with Gasteiger partial charge in [-0.1, -0.05) is 30.3 Å². The molecule has 5 nitrogen and oxygen atoms in total. The molecule has 0 radical (unpaired) electrons. The summed E-state index contributed by atoms with van der Waals surface area (Å²) in [6.07, 6.45) is 0. The van der Waals surface area contributed by atoms with Crippen LogP contribution in [0.5, 0.6) is 0 Å². The summed E-state index contributed by atoms with van der Waals surface area (Å²) in [6.45, 7) is 9.24. The number of esters is 1. The summed E-state index contributed by atoms with van der Waals surface area (Å²) in [5.41, 5.74) is 5.30. The molecule has 0 aliphatic carbocycles. The van der Waals surface area contributed by atoms with Gasteiger partial charge in [-0.15, -0.1) is 0 Å². The van der Waals surface area contributed by atoms with Crippen molar-refractivity contribution in [2.24, 2.45) is 0 Å². The zero-order valence-electron chi connectivity index (χ0n) is 16.8. The van der Waals surface area contributed by atoms with Gasteiger partial charge >= 0.3 is 5.97 Å². The highest BCUT2D eigenvalue weighted by Gasteiger charge is 2.29. The molecule has 0 amide bonds. The Hall–Kier alpha value is -2.18. The van der Waals surface area contributed by atoms with Crippen LogP contribution in [0.1, 0.15) is 33.4 Å². The molecule has 2 aromatic rings. The molecular weight excluding hydrogens is 362 g/mol. The largest absolute Gasteiger partial charge is 0.460 e. The molecule has 0 aliphatic heterocycles. The van der Waals surface area contributed by atoms with Gasteiger partial charge in [-0.05, 0) is 68.0 Å². The third-order valence-corrected chi connectivity index (χ3v) is 7.27. The average molecular weight is 390 g/mol. The van der Waals surface area contributed by atoms with Crippen LogP contribution in [0.2, 0.25) is 0 Å². The number of benzene rings is 2. The molecule has 0 saturated carbocycles. The van der Waals surface area contributed by atoms with Crippen LogP contribution in [-0.4, -0.2) is 32.3 Å².